The van der Waals surface area contributed by atoms with Crippen molar-refractivity contribution in [1.29, 1.82) is 0 Å². The third-order valence-corrected chi connectivity index (χ3v) is 1.85. The molecular weight excluding hydrogens is 132 g/mol. The Morgan fingerprint density at radius 3 is 2.90 bits per heavy atom. The minimum atomic E-state index is -0.223. The molecule has 2 unspecified atom stereocenters. The monoisotopic (exact) mass is 142 g/mol. The molecule has 0 radical (unpaired) electrons. The van der Waals surface area contributed by atoms with Crippen LogP contribution in [-0.2, 0) is 14.3 Å². The van der Waals surface area contributed by atoms with E-state index in [0.717, 1.165) is 6.29 Å². The normalized spacial score (nSPS) is 31.9. The molecule has 3 nitrogen and oxygen atoms in total. The Labute approximate surface area is 59.4 Å². The van der Waals surface area contributed by atoms with Crippen LogP contribution in [0, 0.1) is 11.8 Å². The molecule has 0 spiro atoms. The summed E-state index contributed by atoms with van der Waals surface area (Å²) in [5, 5.41) is 0. The van der Waals surface area contributed by atoms with Crippen LogP contribution < -0.4 is 0 Å². The van der Waals surface area contributed by atoms with Crippen LogP contribution in [0.25, 0.3) is 0 Å². The zero-order valence-corrected chi connectivity index (χ0v) is 5.87. The molecule has 0 saturated carbocycles. The highest BCUT2D eigenvalue weighted by Crippen LogP contribution is 2.22. The number of cyclic esters (lactones) is 1. The molecule has 2 atom stereocenters. The van der Waals surface area contributed by atoms with Crippen LogP contribution in [0.15, 0.2) is 0 Å². The summed E-state index contributed by atoms with van der Waals surface area (Å²) in [6.45, 7) is 2.16. The highest BCUT2D eigenvalue weighted by atomic mass is 16.5. The Morgan fingerprint density at radius 1 is 1.80 bits per heavy atom. The molecule has 0 aromatic rings. The zero-order chi connectivity index (χ0) is 7.56. The Morgan fingerprint density at radius 2 is 2.50 bits per heavy atom. The third-order valence-electron chi connectivity index (χ3n) is 1.85. The van der Waals surface area contributed by atoms with E-state index in [9.17, 15) is 9.59 Å². The van der Waals surface area contributed by atoms with Crippen molar-refractivity contribution < 1.29 is 14.3 Å². The van der Waals surface area contributed by atoms with E-state index >= 15 is 0 Å². The summed E-state index contributed by atoms with van der Waals surface area (Å²) >= 11 is 0. The molecule has 0 aromatic heterocycles. The summed E-state index contributed by atoms with van der Waals surface area (Å²) in [5.74, 6) is -0.602. The lowest BCUT2D eigenvalue weighted by Gasteiger charge is -2.03. The summed E-state index contributed by atoms with van der Waals surface area (Å²) in [4.78, 5) is 21.1. The average molecular weight is 142 g/mol. The van der Waals surface area contributed by atoms with Gasteiger partial charge in [-0.15, -0.1) is 0 Å². The molecule has 1 aliphatic rings. The highest BCUT2D eigenvalue weighted by Gasteiger charge is 2.34. The van der Waals surface area contributed by atoms with Crippen molar-refractivity contribution in [3.8, 4) is 0 Å². The van der Waals surface area contributed by atoms with Crippen LogP contribution in [-0.4, -0.2) is 18.9 Å². The fraction of sp³-hybridized carbons (Fsp3) is 0.714. The fourth-order valence-electron chi connectivity index (χ4n) is 1.18. The van der Waals surface area contributed by atoms with Gasteiger partial charge in [-0.2, -0.15) is 0 Å². The van der Waals surface area contributed by atoms with E-state index in [2.05, 4.69) is 4.74 Å². The summed E-state index contributed by atoms with van der Waals surface area (Å²) in [6.07, 6.45) is 1.50. The van der Waals surface area contributed by atoms with Gasteiger partial charge in [0.25, 0.3) is 0 Å². The smallest absolute Gasteiger partial charge is 0.309 e. The predicted octanol–water partition coefficient (Wildman–Crippen LogP) is 0.385. The second kappa shape index (κ2) is 2.82. The molecule has 56 valence electrons. The minimum Gasteiger partial charge on any atom is -0.465 e. The number of rotatable bonds is 2. The second-order valence-electron chi connectivity index (χ2n) is 2.44. The molecule has 1 rings (SSSR count). The van der Waals surface area contributed by atoms with E-state index in [-0.39, 0.29) is 24.4 Å². The molecule has 1 aliphatic heterocycles. The van der Waals surface area contributed by atoms with Crippen LogP contribution in [0.3, 0.4) is 0 Å². The fourth-order valence-corrected chi connectivity index (χ4v) is 1.18. The largest absolute Gasteiger partial charge is 0.465 e. The van der Waals surface area contributed by atoms with E-state index in [1.54, 1.807) is 0 Å². The lowest BCUT2D eigenvalue weighted by atomic mass is 9.95. The van der Waals surface area contributed by atoms with E-state index in [1.165, 1.54) is 0 Å². The first-order chi connectivity index (χ1) is 4.79. The van der Waals surface area contributed by atoms with Gasteiger partial charge in [-0.3, -0.25) is 4.79 Å². The summed E-state index contributed by atoms with van der Waals surface area (Å²) in [5.41, 5.74) is 0. The number of carbonyl (C=O) groups is 2. The molecule has 0 N–H and O–H groups in total. The SMILES string of the molecule is CCC1C(=O)OCC1C=O. The molecule has 10 heavy (non-hydrogen) atoms. The van der Waals surface area contributed by atoms with Gasteiger partial charge in [0.2, 0.25) is 0 Å². The van der Waals surface area contributed by atoms with Crippen LogP contribution in [0.4, 0.5) is 0 Å². The van der Waals surface area contributed by atoms with Crippen molar-refractivity contribution in [2.45, 2.75) is 13.3 Å². The minimum absolute atomic E-state index is 0.183. The van der Waals surface area contributed by atoms with Crippen molar-refractivity contribution in [2.75, 3.05) is 6.61 Å². The topological polar surface area (TPSA) is 43.4 Å². The quantitative estimate of drug-likeness (QED) is 0.413. The Hall–Kier alpha value is -0.860. The van der Waals surface area contributed by atoms with Gasteiger partial charge >= 0.3 is 5.97 Å². The van der Waals surface area contributed by atoms with Gasteiger partial charge < -0.3 is 9.53 Å². The maximum absolute atomic E-state index is 10.8. The van der Waals surface area contributed by atoms with Gasteiger partial charge in [0, 0.05) is 0 Å². The summed E-state index contributed by atoms with van der Waals surface area (Å²) < 4.78 is 4.69. The maximum Gasteiger partial charge on any atom is 0.309 e. The Kier molecular flexibility index (Phi) is 2.04. The molecule has 1 saturated heterocycles. The Bertz CT molecular complexity index is 153. The average Bonchev–Trinajstić information content (AvgIpc) is 2.30. The Balaban J connectivity index is 2.62. The number of carbonyl (C=O) groups excluding carboxylic acids is 2. The van der Waals surface area contributed by atoms with Crippen molar-refractivity contribution in [3.63, 3.8) is 0 Å². The number of ether oxygens (including phenoxy) is 1. The molecule has 0 aromatic carbocycles. The molecule has 3 heteroatoms. The molecule has 0 bridgehead atoms. The van der Waals surface area contributed by atoms with Crippen molar-refractivity contribution >= 4 is 12.3 Å². The number of aldehydes is 1. The molecule has 0 aliphatic carbocycles. The predicted molar refractivity (Wildman–Crippen MR) is 34.3 cm³/mol. The summed E-state index contributed by atoms with van der Waals surface area (Å²) in [7, 11) is 0. The summed E-state index contributed by atoms with van der Waals surface area (Å²) in [6, 6.07) is 0. The lowest BCUT2D eigenvalue weighted by Crippen LogP contribution is -2.15. The number of hydrogen-bond acceptors (Lipinski definition) is 3. The first-order valence-corrected chi connectivity index (χ1v) is 3.41. The lowest BCUT2D eigenvalue weighted by molar-refractivity contribution is -0.141. The molecule has 1 fully saturated rings. The second-order valence-corrected chi connectivity index (χ2v) is 2.44. The van der Waals surface area contributed by atoms with Crippen LogP contribution in [0.1, 0.15) is 13.3 Å². The number of esters is 1. The van der Waals surface area contributed by atoms with Crippen molar-refractivity contribution in [2.24, 2.45) is 11.8 Å². The van der Waals surface area contributed by atoms with Gasteiger partial charge in [-0.25, -0.2) is 0 Å². The highest BCUT2D eigenvalue weighted by molar-refractivity contribution is 5.79. The number of hydrogen-bond donors (Lipinski definition) is 0. The third kappa shape index (κ3) is 1.03. The maximum atomic E-state index is 10.8. The molecular formula is C7H10O3. The van der Waals surface area contributed by atoms with Crippen LogP contribution in [0.5, 0.6) is 0 Å². The van der Waals surface area contributed by atoms with Gasteiger partial charge in [0.05, 0.1) is 11.8 Å². The molecule has 1 heterocycles. The van der Waals surface area contributed by atoms with E-state index < -0.39 is 0 Å². The van der Waals surface area contributed by atoms with Crippen LogP contribution >= 0.6 is 0 Å². The first-order valence-electron chi connectivity index (χ1n) is 3.41. The first kappa shape index (κ1) is 7.25. The van der Waals surface area contributed by atoms with E-state index in [0.29, 0.717) is 6.42 Å². The molecule has 0 amide bonds. The van der Waals surface area contributed by atoms with Gasteiger partial charge in [-0.05, 0) is 6.42 Å². The van der Waals surface area contributed by atoms with Gasteiger partial charge in [-0.1, -0.05) is 6.92 Å². The van der Waals surface area contributed by atoms with Gasteiger partial charge in [0.15, 0.2) is 0 Å². The zero-order valence-electron chi connectivity index (χ0n) is 5.87. The van der Waals surface area contributed by atoms with Crippen molar-refractivity contribution in [1.82, 2.24) is 0 Å². The standard InChI is InChI=1S/C7H10O3/c1-2-6-5(3-8)4-10-7(6)9/h3,5-6H,2,4H2,1H3. The van der Waals surface area contributed by atoms with Gasteiger partial charge in [0.1, 0.15) is 12.9 Å². The van der Waals surface area contributed by atoms with E-state index in [4.69, 9.17) is 0 Å². The van der Waals surface area contributed by atoms with Crippen LogP contribution in [0.2, 0.25) is 0 Å². The van der Waals surface area contributed by atoms with Crippen molar-refractivity contribution in [3.05, 3.63) is 0 Å². The van der Waals surface area contributed by atoms with E-state index in [1.807, 2.05) is 6.92 Å².